The topological polar surface area (TPSA) is 75.1 Å². The van der Waals surface area contributed by atoms with Crippen molar-refractivity contribution in [2.45, 2.75) is 32.0 Å². The van der Waals surface area contributed by atoms with Crippen molar-refractivity contribution in [3.8, 4) is 0 Å². The molecule has 1 aromatic carbocycles. The minimum Gasteiger partial charge on any atom is -0.326 e. The first kappa shape index (κ1) is 17.2. The van der Waals surface area contributed by atoms with Gasteiger partial charge in [0.2, 0.25) is 5.91 Å². The van der Waals surface area contributed by atoms with Crippen LogP contribution in [-0.4, -0.2) is 52.0 Å². The minimum atomic E-state index is 0.0794. The molecular weight excluding hydrogens is 328 g/mol. The molecule has 2 bridgehead atoms. The van der Waals surface area contributed by atoms with Crippen molar-refractivity contribution in [1.29, 1.82) is 0 Å². The molecule has 3 aliphatic heterocycles. The molecule has 7 heteroatoms. The van der Waals surface area contributed by atoms with Gasteiger partial charge in [0.1, 0.15) is 0 Å². The van der Waals surface area contributed by atoms with Crippen molar-refractivity contribution in [3.63, 3.8) is 0 Å². The largest absolute Gasteiger partial charge is 0.326 e. The van der Waals surface area contributed by atoms with E-state index in [4.69, 9.17) is 0 Å². The van der Waals surface area contributed by atoms with E-state index in [1.807, 2.05) is 48.3 Å². The summed E-state index contributed by atoms with van der Waals surface area (Å²) in [5, 5.41) is 14.6. The molecule has 0 radical (unpaired) electrons. The van der Waals surface area contributed by atoms with Crippen LogP contribution in [0.3, 0.4) is 0 Å². The van der Waals surface area contributed by atoms with Crippen LogP contribution in [0.25, 0.3) is 0 Å². The molecule has 4 atom stereocenters. The summed E-state index contributed by atoms with van der Waals surface area (Å²) in [7, 11) is 1.91. The third-order valence-corrected chi connectivity index (χ3v) is 5.60. The summed E-state index contributed by atoms with van der Waals surface area (Å²) in [6.45, 7) is 3.49. The molecule has 2 aromatic rings. The highest BCUT2D eigenvalue weighted by molar-refractivity contribution is 5.93. The number of nitrogens with one attached hydrogen (secondary N) is 2. The van der Waals surface area contributed by atoms with Crippen LogP contribution in [0.1, 0.15) is 18.5 Å². The minimum absolute atomic E-state index is 0.0794. The molecule has 0 spiro atoms. The number of piperidine rings is 3. The van der Waals surface area contributed by atoms with Crippen LogP contribution >= 0.6 is 0 Å². The number of carbonyl (C=O) groups is 1. The average molecular weight is 354 g/mol. The number of fused-ring (bicyclic) bond motifs is 3. The maximum atomic E-state index is 12.7. The molecule has 4 heterocycles. The summed E-state index contributed by atoms with van der Waals surface area (Å²) in [4.78, 5) is 15.2. The number of nitrogens with zero attached hydrogens (tertiary/aromatic N) is 4. The summed E-state index contributed by atoms with van der Waals surface area (Å²) in [6, 6.07) is 10.2. The van der Waals surface area contributed by atoms with Gasteiger partial charge >= 0.3 is 0 Å². The van der Waals surface area contributed by atoms with Gasteiger partial charge in [0.05, 0.1) is 18.2 Å². The number of aromatic nitrogens is 3. The van der Waals surface area contributed by atoms with Crippen LogP contribution in [-0.2, 0) is 17.9 Å². The fraction of sp³-hybridized carbons (Fsp3) is 0.526. The predicted molar refractivity (Wildman–Crippen MR) is 99.4 cm³/mol. The van der Waals surface area contributed by atoms with Crippen molar-refractivity contribution in [2.24, 2.45) is 11.8 Å². The fourth-order valence-corrected chi connectivity index (χ4v) is 4.29. The van der Waals surface area contributed by atoms with Crippen molar-refractivity contribution < 1.29 is 4.79 Å². The molecule has 3 fully saturated rings. The van der Waals surface area contributed by atoms with Gasteiger partial charge in [0.15, 0.2) is 0 Å². The molecule has 1 amide bonds. The Morgan fingerprint density at radius 3 is 2.88 bits per heavy atom. The lowest BCUT2D eigenvalue weighted by Gasteiger charge is -2.49. The Hall–Kier alpha value is -2.25. The Morgan fingerprint density at radius 1 is 1.31 bits per heavy atom. The van der Waals surface area contributed by atoms with E-state index < -0.39 is 0 Å². The highest BCUT2D eigenvalue weighted by Crippen LogP contribution is 2.37. The van der Waals surface area contributed by atoms with Crippen molar-refractivity contribution in [1.82, 2.24) is 25.2 Å². The van der Waals surface area contributed by atoms with Gasteiger partial charge in [-0.1, -0.05) is 23.4 Å². The molecule has 3 aliphatic rings. The Balaban J connectivity index is 1.37. The normalized spacial score (nSPS) is 27.4. The first-order valence-electron chi connectivity index (χ1n) is 9.36. The zero-order valence-electron chi connectivity index (χ0n) is 15.1. The molecule has 138 valence electrons. The monoisotopic (exact) mass is 354 g/mol. The number of hydrogen-bond acceptors (Lipinski definition) is 5. The number of hydrogen-bond donors (Lipinski definition) is 2. The molecular formula is C19H26N6O. The zero-order valence-corrected chi connectivity index (χ0v) is 15.1. The van der Waals surface area contributed by atoms with E-state index >= 15 is 0 Å². The van der Waals surface area contributed by atoms with Gasteiger partial charge in [0, 0.05) is 31.0 Å². The molecule has 26 heavy (non-hydrogen) atoms. The lowest BCUT2D eigenvalue weighted by molar-refractivity contribution is -0.127. The Kier molecular flexibility index (Phi) is 4.99. The van der Waals surface area contributed by atoms with Crippen LogP contribution in [0, 0.1) is 11.8 Å². The number of carbonyl (C=O) groups excluding carboxylic acids is 1. The summed E-state index contributed by atoms with van der Waals surface area (Å²) in [5.41, 5.74) is 1.84. The number of anilines is 1. The molecule has 0 aliphatic carbocycles. The lowest BCUT2D eigenvalue weighted by atomic mass is 9.75. The lowest BCUT2D eigenvalue weighted by Crippen LogP contribution is -2.57. The number of benzene rings is 1. The van der Waals surface area contributed by atoms with Crippen molar-refractivity contribution in [3.05, 3.63) is 42.2 Å². The second-order valence-electron chi connectivity index (χ2n) is 7.36. The Morgan fingerprint density at radius 2 is 2.15 bits per heavy atom. The Labute approximate surface area is 153 Å². The van der Waals surface area contributed by atoms with Crippen molar-refractivity contribution >= 4 is 11.6 Å². The second-order valence-corrected chi connectivity index (χ2v) is 7.36. The predicted octanol–water partition coefficient (Wildman–Crippen LogP) is 1.35. The molecule has 2 N–H and O–H groups in total. The van der Waals surface area contributed by atoms with Gasteiger partial charge in [0.25, 0.3) is 0 Å². The molecule has 3 saturated heterocycles. The highest BCUT2D eigenvalue weighted by atomic mass is 16.2. The Bertz CT molecular complexity index is 745. The van der Waals surface area contributed by atoms with Gasteiger partial charge in [-0.15, -0.1) is 5.10 Å². The van der Waals surface area contributed by atoms with Crippen LogP contribution in [0.15, 0.2) is 36.5 Å². The summed E-state index contributed by atoms with van der Waals surface area (Å²) >= 11 is 0. The summed E-state index contributed by atoms with van der Waals surface area (Å²) < 4.78 is 1.94. The average Bonchev–Trinajstić information content (AvgIpc) is 3.10. The van der Waals surface area contributed by atoms with E-state index in [9.17, 15) is 4.79 Å². The standard InChI is InChI=1S/C19H26N6O/c1-20-10-16-11-25(23-22-16)12-17-9-14-7-8-24(17)13-18(14)19(26)21-15-5-3-2-4-6-15/h2-6,11,14,17-18,20H,7-10,12-13H2,1H3,(H,21,26)/t14-,17-,18-/m0/s1. The van der Waals surface area contributed by atoms with Crippen LogP contribution in [0.2, 0.25) is 0 Å². The summed E-state index contributed by atoms with van der Waals surface area (Å²) in [5.74, 6) is 0.686. The molecule has 5 rings (SSSR count). The third kappa shape index (κ3) is 3.64. The van der Waals surface area contributed by atoms with Crippen LogP contribution < -0.4 is 10.6 Å². The van der Waals surface area contributed by atoms with Crippen LogP contribution in [0.5, 0.6) is 0 Å². The molecule has 1 unspecified atom stereocenters. The van der Waals surface area contributed by atoms with Gasteiger partial charge in [-0.2, -0.15) is 0 Å². The van der Waals surface area contributed by atoms with Gasteiger partial charge < -0.3 is 10.6 Å². The maximum absolute atomic E-state index is 12.7. The van der Waals surface area contributed by atoms with E-state index in [2.05, 4.69) is 25.8 Å². The smallest absolute Gasteiger partial charge is 0.229 e. The van der Waals surface area contributed by atoms with E-state index in [1.165, 1.54) is 0 Å². The van der Waals surface area contributed by atoms with E-state index in [-0.39, 0.29) is 11.8 Å². The zero-order chi connectivity index (χ0) is 17.9. The highest BCUT2D eigenvalue weighted by Gasteiger charge is 2.43. The maximum Gasteiger partial charge on any atom is 0.229 e. The van der Waals surface area contributed by atoms with E-state index in [1.54, 1.807) is 0 Å². The molecule has 1 aromatic heterocycles. The first-order valence-corrected chi connectivity index (χ1v) is 9.36. The van der Waals surface area contributed by atoms with Gasteiger partial charge in [-0.05, 0) is 44.5 Å². The van der Waals surface area contributed by atoms with Crippen LogP contribution in [0.4, 0.5) is 5.69 Å². The SMILES string of the molecule is CNCc1cn(C[C@@H]2C[C@@H]3CCN2C[C@@H]3C(=O)Nc2ccccc2)nn1. The third-order valence-electron chi connectivity index (χ3n) is 5.60. The fourth-order valence-electron chi connectivity index (χ4n) is 4.29. The van der Waals surface area contributed by atoms with E-state index in [0.717, 1.165) is 50.4 Å². The quantitative estimate of drug-likeness (QED) is 0.819. The number of para-hydroxylation sites is 1. The van der Waals surface area contributed by atoms with Gasteiger partial charge in [-0.25, -0.2) is 0 Å². The first-order chi connectivity index (χ1) is 12.7. The second kappa shape index (κ2) is 7.55. The van der Waals surface area contributed by atoms with Crippen molar-refractivity contribution in [2.75, 3.05) is 25.5 Å². The van der Waals surface area contributed by atoms with E-state index in [0.29, 0.717) is 12.0 Å². The molecule has 0 saturated carbocycles. The number of amides is 1. The number of rotatable bonds is 6. The summed E-state index contributed by atoms with van der Waals surface area (Å²) in [6.07, 6.45) is 4.17. The van der Waals surface area contributed by atoms with Gasteiger partial charge in [-0.3, -0.25) is 14.4 Å². The molecule has 7 nitrogen and oxygen atoms in total.